The van der Waals surface area contributed by atoms with Crippen LogP contribution in [0.1, 0.15) is 16.1 Å². The molecule has 0 atom stereocenters. The van der Waals surface area contributed by atoms with Crippen molar-refractivity contribution in [3.63, 3.8) is 0 Å². The highest BCUT2D eigenvalue weighted by atomic mass is 35.5. The standard InChI is InChI=1S/C14H12ClN3O2S/c1-20-12-6-9(3-4-10(12)15)18-14(19)11-5-2-8(7-17-11)13(16)21/h2-7H,1H3,(H2,16,21)(H,18,19). The van der Waals surface area contributed by atoms with Gasteiger partial charge >= 0.3 is 0 Å². The Bertz CT molecular complexity index is 689. The number of nitrogens with two attached hydrogens (primary N) is 1. The lowest BCUT2D eigenvalue weighted by atomic mass is 10.2. The summed E-state index contributed by atoms with van der Waals surface area (Å²) in [5.41, 5.74) is 6.89. The lowest BCUT2D eigenvalue weighted by Gasteiger charge is -2.08. The van der Waals surface area contributed by atoms with Gasteiger partial charge < -0.3 is 15.8 Å². The average Bonchev–Trinajstić information content (AvgIpc) is 2.49. The second-order valence-corrected chi connectivity index (χ2v) is 4.95. The van der Waals surface area contributed by atoms with Crippen LogP contribution in [-0.4, -0.2) is 23.0 Å². The molecule has 0 spiro atoms. The number of methoxy groups -OCH3 is 1. The molecule has 0 unspecified atom stereocenters. The van der Waals surface area contributed by atoms with E-state index in [0.717, 1.165) is 0 Å². The third-order valence-corrected chi connectivity index (χ3v) is 3.24. The van der Waals surface area contributed by atoms with Crippen LogP contribution in [0.15, 0.2) is 36.5 Å². The molecule has 7 heteroatoms. The first-order valence-electron chi connectivity index (χ1n) is 5.92. The van der Waals surface area contributed by atoms with E-state index in [2.05, 4.69) is 10.3 Å². The number of nitrogens with one attached hydrogen (secondary N) is 1. The number of aromatic nitrogens is 1. The van der Waals surface area contributed by atoms with Gasteiger partial charge in [0, 0.05) is 23.5 Å². The van der Waals surface area contributed by atoms with Gasteiger partial charge in [0.25, 0.3) is 5.91 Å². The first-order valence-corrected chi connectivity index (χ1v) is 6.70. The fourth-order valence-electron chi connectivity index (χ4n) is 1.61. The van der Waals surface area contributed by atoms with Crippen molar-refractivity contribution in [2.24, 2.45) is 5.73 Å². The number of amides is 1. The van der Waals surface area contributed by atoms with Gasteiger partial charge in [0.2, 0.25) is 0 Å². The first kappa shape index (κ1) is 15.2. The molecule has 3 N–H and O–H groups in total. The van der Waals surface area contributed by atoms with Gasteiger partial charge in [0.1, 0.15) is 16.4 Å². The molecular weight excluding hydrogens is 310 g/mol. The number of carbonyl (C=O) groups is 1. The van der Waals surface area contributed by atoms with Crippen LogP contribution in [-0.2, 0) is 0 Å². The molecule has 0 fully saturated rings. The average molecular weight is 322 g/mol. The molecule has 21 heavy (non-hydrogen) atoms. The number of nitrogens with zero attached hydrogens (tertiary/aromatic N) is 1. The third kappa shape index (κ3) is 3.68. The molecule has 0 aliphatic heterocycles. The summed E-state index contributed by atoms with van der Waals surface area (Å²) >= 11 is 10.7. The summed E-state index contributed by atoms with van der Waals surface area (Å²) < 4.78 is 5.09. The molecule has 1 amide bonds. The number of benzene rings is 1. The molecule has 0 saturated carbocycles. The third-order valence-electron chi connectivity index (χ3n) is 2.69. The summed E-state index contributed by atoms with van der Waals surface area (Å²) in [6.07, 6.45) is 1.46. The van der Waals surface area contributed by atoms with E-state index in [1.807, 2.05) is 0 Å². The van der Waals surface area contributed by atoms with Gasteiger partial charge in [-0.25, -0.2) is 0 Å². The van der Waals surface area contributed by atoms with Gasteiger partial charge in [-0.15, -0.1) is 0 Å². The molecule has 0 aliphatic carbocycles. The molecule has 5 nitrogen and oxygen atoms in total. The van der Waals surface area contributed by atoms with Gasteiger partial charge in [0.15, 0.2) is 0 Å². The Morgan fingerprint density at radius 2 is 2.14 bits per heavy atom. The van der Waals surface area contributed by atoms with Crippen LogP contribution in [0.4, 0.5) is 5.69 Å². The Hall–Kier alpha value is -2.18. The zero-order chi connectivity index (χ0) is 15.4. The van der Waals surface area contributed by atoms with E-state index in [1.165, 1.54) is 13.3 Å². The van der Waals surface area contributed by atoms with Gasteiger partial charge in [-0.1, -0.05) is 23.8 Å². The monoisotopic (exact) mass is 321 g/mol. The molecule has 1 heterocycles. The summed E-state index contributed by atoms with van der Waals surface area (Å²) in [5.74, 6) is 0.125. The molecule has 1 aromatic heterocycles. The summed E-state index contributed by atoms with van der Waals surface area (Å²) in [6.45, 7) is 0. The predicted molar refractivity (Wildman–Crippen MR) is 86.1 cm³/mol. The predicted octanol–water partition coefficient (Wildman–Crippen LogP) is 2.63. The van der Waals surface area contributed by atoms with Crippen LogP contribution >= 0.6 is 23.8 Å². The van der Waals surface area contributed by atoms with Crippen LogP contribution in [0.3, 0.4) is 0 Å². The minimum Gasteiger partial charge on any atom is -0.495 e. The van der Waals surface area contributed by atoms with Crippen LogP contribution in [0.5, 0.6) is 5.75 Å². The Balaban J connectivity index is 2.15. The van der Waals surface area contributed by atoms with Crippen molar-refractivity contribution < 1.29 is 9.53 Å². The summed E-state index contributed by atoms with van der Waals surface area (Å²) in [7, 11) is 1.50. The van der Waals surface area contributed by atoms with Crippen molar-refractivity contribution in [1.29, 1.82) is 0 Å². The molecule has 0 radical (unpaired) electrons. The number of ether oxygens (including phenoxy) is 1. The van der Waals surface area contributed by atoms with Crippen molar-refractivity contribution in [2.45, 2.75) is 0 Å². The number of hydrogen-bond acceptors (Lipinski definition) is 4. The van der Waals surface area contributed by atoms with Crippen molar-refractivity contribution in [3.05, 3.63) is 52.8 Å². The SMILES string of the molecule is COc1cc(NC(=O)c2ccc(C(N)=S)cn2)ccc1Cl. The second kappa shape index (κ2) is 6.51. The quantitative estimate of drug-likeness (QED) is 0.846. The molecule has 0 bridgehead atoms. The van der Waals surface area contributed by atoms with E-state index in [4.69, 9.17) is 34.3 Å². The molecule has 0 aliphatic rings. The van der Waals surface area contributed by atoms with E-state index < -0.39 is 0 Å². The maximum absolute atomic E-state index is 12.1. The van der Waals surface area contributed by atoms with Gasteiger partial charge in [-0.2, -0.15) is 0 Å². The zero-order valence-corrected chi connectivity index (χ0v) is 12.7. The van der Waals surface area contributed by atoms with Gasteiger partial charge in [-0.3, -0.25) is 9.78 Å². The molecule has 2 aromatic rings. The van der Waals surface area contributed by atoms with E-state index in [9.17, 15) is 4.79 Å². The highest BCUT2D eigenvalue weighted by molar-refractivity contribution is 7.80. The number of thiocarbonyl (C=S) groups is 1. The number of hydrogen-bond donors (Lipinski definition) is 2. The van der Waals surface area contributed by atoms with E-state index in [0.29, 0.717) is 22.0 Å². The largest absolute Gasteiger partial charge is 0.495 e. The van der Waals surface area contributed by atoms with Crippen LogP contribution < -0.4 is 15.8 Å². The minimum atomic E-state index is -0.353. The van der Waals surface area contributed by atoms with Crippen molar-refractivity contribution >= 4 is 40.4 Å². The molecular formula is C14H12ClN3O2S. The Morgan fingerprint density at radius 1 is 1.38 bits per heavy atom. The fraction of sp³-hybridized carbons (Fsp3) is 0.0714. The summed E-state index contributed by atoms with van der Waals surface area (Å²) in [4.78, 5) is 16.3. The zero-order valence-electron chi connectivity index (χ0n) is 11.1. The summed E-state index contributed by atoms with van der Waals surface area (Å²) in [5, 5.41) is 3.17. The lowest BCUT2D eigenvalue weighted by molar-refractivity contribution is 0.102. The molecule has 0 saturated heterocycles. The Labute approximate surface area is 132 Å². The molecule has 2 rings (SSSR count). The number of anilines is 1. The second-order valence-electron chi connectivity index (χ2n) is 4.10. The topological polar surface area (TPSA) is 77.2 Å². The van der Waals surface area contributed by atoms with E-state index in [-0.39, 0.29) is 16.6 Å². The van der Waals surface area contributed by atoms with Gasteiger partial charge in [0.05, 0.1) is 12.1 Å². The first-order chi connectivity index (χ1) is 10.0. The molecule has 108 valence electrons. The fourth-order valence-corrected chi connectivity index (χ4v) is 1.92. The van der Waals surface area contributed by atoms with Crippen LogP contribution in [0.25, 0.3) is 0 Å². The Morgan fingerprint density at radius 3 is 2.71 bits per heavy atom. The normalized spacial score (nSPS) is 10.0. The number of rotatable bonds is 4. The Kier molecular flexibility index (Phi) is 4.72. The van der Waals surface area contributed by atoms with Gasteiger partial charge in [-0.05, 0) is 24.3 Å². The smallest absolute Gasteiger partial charge is 0.274 e. The number of halogens is 1. The maximum atomic E-state index is 12.1. The number of carbonyl (C=O) groups excluding carboxylic acids is 1. The van der Waals surface area contributed by atoms with Crippen LogP contribution in [0.2, 0.25) is 5.02 Å². The highest BCUT2D eigenvalue weighted by Crippen LogP contribution is 2.27. The minimum absolute atomic E-state index is 0.233. The highest BCUT2D eigenvalue weighted by Gasteiger charge is 2.10. The summed E-state index contributed by atoms with van der Waals surface area (Å²) in [6, 6.07) is 8.14. The van der Waals surface area contributed by atoms with E-state index >= 15 is 0 Å². The number of pyridine rings is 1. The van der Waals surface area contributed by atoms with E-state index in [1.54, 1.807) is 30.3 Å². The van der Waals surface area contributed by atoms with Crippen molar-refractivity contribution in [3.8, 4) is 5.75 Å². The maximum Gasteiger partial charge on any atom is 0.274 e. The van der Waals surface area contributed by atoms with Crippen molar-refractivity contribution in [1.82, 2.24) is 4.98 Å². The molecule has 1 aromatic carbocycles. The lowest BCUT2D eigenvalue weighted by Crippen LogP contribution is -2.15. The van der Waals surface area contributed by atoms with Crippen LogP contribution in [0, 0.1) is 0 Å². The van der Waals surface area contributed by atoms with Crippen molar-refractivity contribution in [2.75, 3.05) is 12.4 Å².